The number of nitrogens with one attached hydrogen (secondary N) is 1. The molecule has 1 saturated heterocycles. The molecule has 112 valence electrons. The zero-order valence-corrected chi connectivity index (χ0v) is 12.3. The van der Waals surface area contributed by atoms with Crippen molar-refractivity contribution in [1.29, 1.82) is 0 Å². The lowest BCUT2D eigenvalue weighted by Gasteiger charge is -2.39. The zero-order chi connectivity index (χ0) is 15.2. The average molecular weight is 289 g/mol. The summed E-state index contributed by atoms with van der Waals surface area (Å²) >= 11 is 0. The minimum atomic E-state index is -1.18. The van der Waals surface area contributed by atoms with Crippen LogP contribution in [0.25, 0.3) is 10.9 Å². The van der Waals surface area contributed by atoms with Crippen molar-refractivity contribution >= 4 is 16.9 Å². The first-order valence-corrected chi connectivity index (χ1v) is 7.04. The highest BCUT2D eigenvalue weighted by molar-refractivity contribution is 5.85. The molecule has 5 heteroatoms. The number of aliphatic hydroxyl groups is 1. The van der Waals surface area contributed by atoms with Gasteiger partial charge in [0.1, 0.15) is 5.92 Å². The molecule has 2 N–H and O–H groups in total. The summed E-state index contributed by atoms with van der Waals surface area (Å²) in [6, 6.07) is 7.86. The van der Waals surface area contributed by atoms with Gasteiger partial charge in [0.05, 0.1) is 0 Å². The summed E-state index contributed by atoms with van der Waals surface area (Å²) in [6.45, 7) is 5.12. The van der Waals surface area contributed by atoms with Gasteiger partial charge in [-0.3, -0.25) is 4.79 Å². The fourth-order valence-corrected chi connectivity index (χ4v) is 2.93. The number of H-pyrrole nitrogens is 1. The molecule has 2 heterocycles. The van der Waals surface area contributed by atoms with Gasteiger partial charge in [0.2, 0.25) is 5.79 Å². The first-order valence-electron chi connectivity index (χ1n) is 7.04. The second-order valence-corrected chi connectivity index (χ2v) is 5.93. The van der Waals surface area contributed by atoms with Gasteiger partial charge in [0.25, 0.3) is 0 Å². The molecule has 21 heavy (non-hydrogen) atoms. The number of fused-ring (bicyclic) bond motifs is 1. The Bertz CT molecular complexity index is 676. The first-order chi connectivity index (χ1) is 9.89. The predicted octanol–water partition coefficient (Wildman–Crippen LogP) is 2.52. The van der Waals surface area contributed by atoms with Crippen molar-refractivity contribution in [3.63, 3.8) is 0 Å². The Morgan fingerprint density at radius 1 is 1.33 bits per heavy atom. The minimum absolute atomic E-state index is 0.222. The highest BCUT2D eigenvalue weighted by atomic mass is 16.8. The van der Waals surface area contributed by atoms with Crippen LogP contribution >= 0.6 is 0 Å². The lowest BCUT2D eigenvalue weighted by Crippen LogP contribution is -2.50. The van der Waals surface area contributed by atoms with Gasteiger partial charge in [-0.15, -0.1) is 0 Å². The Hall–Kier alpha value is -1.85. The summed E-state index contributed by atoms with van der Waals surface area (Å²) in [5, 5.41) is 11.2. The smallest absolute Gasteiger partial charge is 0.317 e. The zero-order valence-electron chi connectivity index (χ0n) is 12.3. The van der Waals surface area contributed by atoms with Crippen molar-refractivity contribution in [3.05, 3.63) is 36.0 Å². The number of rotatable bonds is 2. The molecule has 0 spiro atoms. The van der Waals surface area contributed by atoms with Crippen molar-refractivity contribution in [2.45, 2.75) is 38.8 Å². The summed E-state index contributed by atoms with van der Waals surface area (Å²) in [4.78, 5) is 15.4. The van der Waals surface area contributed by atoms with E-state index in [0.29, 0.717) is 0 Å². The molecule has 1 aliphatic heterocycles. The number of aromatic amines is 1. The van der Waals surface area contributed by atoms with E-state index < -0.39 is 24.0 Å². The fraction of sp³-hybridized carbons (Fsp3) is 0.438. The van der Waals surface area contributed by atoms with Gasteiger partial charge in [0, 0.05) is 36.9 Å². The van der Waals surface area contributed by atoms with E-state index in [1.54, 1.807) is 13.8 Å². The summed E-state index contributed by atoms with van der Waals surface area (Å²) in [6.07, 6.45) is 0.694. The van der Waals surface area contributed by atoms with Gasteiger partial charge >= 0.3 is 5.97 Å². The van der Waals surface area contributed by atoms with Crippen molar-refractivity contribution in [2.24, 2.45) is 5.92 Å². The largest absolute Gasteiger partial charge is 0.433 e. The molecule has 0 radical (unpaired) electrons. The third-order valence-electron chi connectivity index (χ3n) is 3.98. The van der Waals surface area contributed by atoms with E-state index in [9.17, 15) is 9.90 Å². The van der Waals surface area contributed by atoms with Crippen LogP contribution in [0, 0.1) is 5.92 Å². The van der Waals surface area contributed by atoms with E-state index >= 15 is 0 Å². The van der Waals surface area contributed by atoms with Gasteiger partial charge in [-0.1, -0.05) is 25.1 Å². The Balaban J connectivity index is 1.95. The van der Waals surface area contributed by atoms with Crippen LogP contribution in [0.3, 0.4) is 0 Å². The molecule has 2 aromatic rings. The van der Waals surface area contributed by atoms with Gasteiger partial charge < -0.3 is 19.6 Å². The highest BCUT2D eigenvalue weighted by Gasteiger charge is 2.45. The summed E-state index contributed by atoms with van der Waals surface area (Å²) < 4.78 is 10.6. The number of carbonyl (C=O) groups is 1. The van der Waals surface area contributed by atoms with Gasteiger partial charge in [-0.2, -0.15) is 0 Å². The Morgan fingerprint density at radius 2 is 2.05 bits per heavy atom. The Kier molecular flexibility index (Phi) is 3.26. The number of benzene rings is 1. The number of esters is 1. The van der Waals surface area contributed by atoms with Crippen LogP contribution in [0.2, 0.25) is 0 Å². The van der Waals surface area contributed by atoms with Gasteiger partial charge in [-0.05, 0) is 11.6 Å². The van der Waals surface area contributed by atoms with Crippen molar-refractivity contribution in [3.8, 4) is 0 Å². The van der Waals surface area contributed by atoms with Crippen LogP contribution in [-0.4, -0.2) is 28.1 Å². The minimum Gasteiger partial charge on any atom is -0.433 e. The lowest BCUT2D eigenvalue weighted by atomic mass is 9.86. The number of carbonyl (C=O) groups excluding carboxylic acids is 1. The maximum Gasteiger partial charge on any atom is 0.317 e. The third-order valence-corrected chi connectivity index (χ3v) is 3.98. The molecule has 0 bridgehead atoms. The van der Waals surface area contributed by atoms with Crippen LogP contribution in [-0.2, 0) is 14.3 Å². The van der Waals surface area contributed by atoms with Crippen LogP contribution < -0.4 is 0 Å². The highest BCUT2D eigenvalue weighted by Crippen LogP contribution is 2.37. The monoisotopic (exact) mass is 289 g/mol. The Morgan fingerprint density at radius 3 is 2.76 bits per heavy atom. The molecular formula is C16H19NO4. The van der Waals surface area contributed by atoms with Crippen LogP contribution in [0.15, 0.2) is 30.5 Å². The Labute approximate surface area is 122 Å². The normalized spacial score (nSPS) is 26.6. The third kappa shape index (κ3) is 2.43. The quantitative estimate of drug-likeness (QED) is 0.833. The molecule has 3 atom stereocenters. The maximum absolute atomic E-state index is 12.2. The summed E-state index contributed by atoms with van der Waals surface area (Å²) in [5.74, 6) is -2.49. The number of ether oxygens (including phenoxy) is 2. The number of hydrogen-bond donors (Lipinski definition) is 2. The predicted molar refractivity (Wildman–Crippen MR) is 77.5 cm³/mol. The van der Waals surface area contributed by atoms with Crippen LogP contribution in [0.1, 0.15) is 32.3 Å². The molecule has 3 unspecified atom stereocenters. The fourth-order valence-electron chi connectivity index (χ4n) is 2.93. The molecular weight excluding hydrogens is 270 g/mol. The van der Waals surface area contributed by atoms with E-state index in [-0.39, 0.29) is 5.92 Å². The maximum atomic E-state index is 12.2. The number of aliphatic hydroxyl groups excluding tert-OH is 1. The molecule has 1 aliphatic rings. The van der Waals surface area contributed by atoms with E-state index in [2.05, 4.69) is 4.98 Å². The molecule has 5 nitrogen and oxygen atoms in total. The standard InChI is InChI=1S/C16H19NO4/c1-9(11-8-17-12-7-5-4-6-10(11)12)13-14(18)20-16(2,3)21-15(13)19/h4-9,13-14,17-18H,1-3H3. The number of hydrogen-bond acceptors (Lipinski definition) is 4. The van der Waals surface area contributed by atoms with Crippen molar-refractivity contribution in [2.75, 3.05) is 0 Å². The molecule has 1 fully saturated rings. The molecule has 1 aromatic heterocycles. The van der Waals surface area contributed by atoms with Crippen LogP contribution in [0.4, 0.5) is 0 Å². The topological polar surface area (TPSA) is 71.6 Å². The van der Waals surface area contributed by atoms with E-state index in [0.717, 1.165) is 16.5 Å². The molecule has 0 amide bonds. The summed E-state index contributed by atoms with van der Waals surface area (Å²) in [7, 11) is 0. The molecule has 3 rings (SSSR count). The second kappa shape index (κ2) is 4.86. The van der Waals surface area contributed by atoms with E-state index in [1.807, 2.05) is 37.4 Å². The SMILES string of the molecule is CC(c1c[nH]c2ccccc12)C1C(=O)OC(C)(C)OC1O. The van der Waals surface area contributed by atoms with Gasteiger partial charge in [-0.25, -0.2) is 0 Å². The molecule has 0 aliphatic carbocycles. The molecule has 1 aromatic carbocycles. The lowest BCUT2D eigenvalue weighted by molar-refractivity contribution is -0.316. The average Bonchev–Trinajstić information content (AvgIpc) is 2.79. The van der Waals surface area contributed by atoms with E-state index in [1.165, 1.54) is 0 Å². The van der Waals surface area contributed by atoms with Crippen molar-refractivity contribution < 1.29 is 19.4 Å². The van der Waals surface area contributed by atoms with Crippen molar-refractivity contribution in [1.82, 2.24) is 4.98 Å². The van der Waals surface area contributed by atoms with Crippen LogP contribution in [0.5, 0.6) is 0 Å². The first kappa shape index (κ1) is 14.1. The number of aromatic nitrogens is 1. The number of cyclic esters (lactones) is 1. The van der Waals surface area contributed by atoms with Gasteiger partial charge in [0.15, 0.2) is 6.29 Å². The number of para-hydroxylation sites is 1. The second-order valence-electron chi connectivity index (χ2n) is 5.93. The summed E-state index contributed by atoms with van der Waals surface area (Å²) in [5.41, 5.74) is 1.97. The molecule has 0 saturated carbocycles. The van der Waals surface area contributed by atoms with E-state index in [4.69, 9.17) is 9.47 Å².